The van der Waals surface area contributed by atoms with Crippen LogP contribution in [0.3, 0.4) is 0 Å². The molecule has 0 spiro atoms. The van der Waals surface area contributed by atoms with Gasteiger partial charge in [0.25, 0.3) is 0 Å². The fourth-order valence-electron chi connectivity index (χ4n) is 4.54. The number of benzene rings is 1. The molecule has 0 bridgehead atoms. The molecule has 1 atom stereocenters. The number of ether oxygens (including phenoxy) is 1. The smallest absolute Gasteiger partial charge is 0.237 e. The van der Waals surface area contributed by atoms with Crippen LogP contribution in [0.25, 0.3) is 0 Å². The highest BCUT2D eigenvalue weighted by molar-refractivity contribution is 5.79. The van der Waals surface area contributed by atoms with Gasteiger partial charge in [0.15, 0.2) is 0 Å². The van der Waals surface area contributed by atoms with Gasteiger partial charge in [0.05, 0.1) is 19.7 Å². The second-order valence-electron chi connectivity index (χ2n) is 7.77. The summed E-state index contributed by atoms with van der Waals surface area (Å²) in [6, 6.07) is 9.02. The number of amides is 1. The normalized spacial score (nSPS) is 21.9. The third-order valence-electron chi connectivity index (χ3n) is 5.75. The van der Waals surface area contributed by atoms with Crippen molar-refractivity contribution in [1.82, 2.24) is 15.1 Å². The Balaban J connectivity index is 1.76. The molecule has 5 nitrogen and oxygen atoms in total. The molecule has 1 heterocycles. The molecule has 1 aliphatic carbocycles. The van der Waals surface area contributed by atoms with Crippen LogP contribution >= 0.6 is 0 Å². The maximum atomic E-state index is 13.2. The zero-order valence-electron chi connectivity index (χ0n) is 16.4. The van der Waals surface area contributed by atoms with Gasteiger partial charge in [-0.25, -0.2) is 0 Å². The topological polar surface area (TPSA) is 44.8 Å². The van der Waals surface area contributed by atoms with Gasteiger partial charge in [-0.2, -0.15) is 0 Å². The van der Waals surface area contributed by atoms with Gasteiger partial charge in [-0.3, -0.25) is 9.69 Å². The molecule has 26 heavy (non-hydrogen) atoms. The zero-order chi connectivity index (χ0) is 18.5. The minimum absolute atomic E-state index is 0.168. The molecule has 1 aromatic rings. The summed E-state index contributed by atoms with van der Waals surface area (Å²) in [5, 5.41) is 3.47. The van der Waals surface area contributed by atoms with Crippen LogP contribution in [0.4, 0.5) is 0 Å². The fraction of sp³-hybridized carbons (Fsp3) is 0.667. The summed E-state index contributed by atoms with van der Waals surface area (Å²) < 4.78 is 5.57. The number of carbonyl (C=O) groups is 1. The maximum absolute atomic E-state index is 13.2. The SMILES string of the molecule is COc1ccccc1C1CNCCN1CC(=O)N(C(C)C)C1CCCC1. The molecule has 1 saturated carbocycles. The fourth-order valence-corrected chi connectivity index (χ4v) is 4.54. The number of para-hydroxylation sites is 1. The van der Waals surface area contributed by atoms with Gasteiger partial charge >= 0.3 is 0 Å². The van der Waals surface area contributed by atoms with Crippen molar-refractivity contribution >= 4 is 5.91 Å². The van der Waals surface area contributed by atoms with E-state index in [1.807, 2.05) is 18.2 Å². The van der Waals surface area contributed by atoms with Crippen molar-refractivity contribution in [3.8, 4) is 5.75 Å². The van der Waals surface area contributed by atoms with Crippen LogP contribution in [-0.4, -0.2) is 61.1 Å². The van der Waals surface area contributed by atoms with Gasteiger partial charge in [-0.05, 0) is 32.8 Å². The highest BCUT2D eigenvalue weighted by Crippen LogP contribution is 2.31. The molecule has 1 amide bonds. The van der Waals surface area contributed by atoms with E-state index in [2.05, 4.69) is 35.0 Å². The quantitative estimate of drug-likeness (QED) is 0.848. The van der Waals surface area contributed by atoms with Gasteiger partial charge in [0.1, 0.15) is 5.75 Å². The number of carbonyl (C=O) groups excluding carboxylic acids is 1. The largest absolute Gasteiger partial charge is 0.496 e. The minimum atomic E-state index is 0.168. The number of hydrogen-bond donors (Lipinski definition) is 1. The Morgan fingerprint density at radius 1 is 1.31 bits per heavy atom. The summed E-state index contributed by atoms with van der Waals surface area (Å²) in [4.78, 5) is 17.7. The van der Waals surface area contributed by atoms with Gasteiger partial charge in [0.2, 0.25) is 5.91 Å². The summed E-state index contributed by atoms with van der Waals surface area (Å²) in [7, 11) is 1.71. The van der Waals surface area contributed by atoms with Crippen molar-refractivity contribution in [1.29, 1.82) is 0 Å². The van der Waals surface area contributed by atoms with Gasteiger partial charge in [-0.15, -0.1) is 0 Å². The molecule has 144 valence electrons. The first kappa shape index (κ1) is 19.2. The molecule has 0 aromatic heterocycles. The highest BCUT2D eigenvalue weighted by atomic mass is 16.5. The third-order valence-corrected chi connectivity index (χ3v) is 5.75. The molecule has 1 N–H and O–H groups in total. The Labute approximate surface area is 157 Å². The number of hydrogen-bond acceptors (Lipinski definition) is 4. The van der Waals surface area contributed by atoms with Crippen molar-refractivity contribution in [2.24, 2.45) is 0 Å². The molecule has 1 unspecified atom stereocenters. The molecule has 0 radical (unpaired) electrons. The summed E-state index contributed by atoms with van der Waals surface area (Å²) in [5.74, 6) is 1.17. The van der Waals surface area contributed by atoms with Crippen LogP contribution in [0.1, 0.15) is 51.1 Å². The van der Waals surface area contributed by atoms with E-state index in [-0.39, 0.29) is 18.0 Å². The second kappa shape index (κ2) is 8.87. The van der Waals surface area contributed by atoms with Crippen molar-refractivity contribution < 1.29 is 9.53 Å². The lowest BCUT2D eigenvalue weighted by Gasteiger charge is -2.39. The van der Waals surface area contributed by atoms with E-state index in [0.29, 0.717) is 12.6 Å². The van der Waals surface area contributed by atoms with Crippen LogP contribution in [0, 0.1) is 0 Å². The summed E-state index contributed by atoms with van der Waals surface area (Å²) in [6.07, 6.45) is 4.81. The van der Waals surface area contributed by atoms with Crippen LogP contribution < -0.4 is 10.1 Å². The van der Waals surface area contributed by atoms with Crippen molar-refractivity contribution in [3.05, 3.63) is 29.8 Å². The number of methoxy groups -OCH3 is 1. The van der Waals surface area contributed by atoms with Crippen molar-refractivity contribution in [2.75, 3.05) is 33.3 Å². The Kier molecular flexibility index (Phi) is 6.54. The molecular weight excluding hydrogens is 326 g/mol. The Bertz CT molecular complexity index is 599. The summed E-state index contributed by atoms with van der Waals surface area (Å²) in [5.41, 5.74) is 1.16. The lowest BCUT2D eigenvalue weighted by atomic mass is 10.0. The van der Waals surface area contributed by atoms with Crippen molar-refractivity contribution in [3.63, 3.8) is 0 Å². The van der Waals surface area contributed by atoms with Crippen molar-refractivity contribution in [2.45, 2.75) is 57.7 Å². The molecular formula is C21H33N3O2. The summed E-state index contributed by atoms with van der Waals surface area (Å²) >= 11 is 0. The maximum Gasteiger partial charge on any atom is 0.237 e. The van der Waals surface area contributed by atoms with E-state index in [4.69, 9.17) is 4.74 Å². The molecule has 2 aliphatic rings. The number of nitrogens with zero attached hydrogens (tertiary/aromatic N) is 2. The van der Waals surface area contributed by atoms with E-state index in [0.717, 1.165) is 43.8 Å². The average Bonchev–Trinajstić information content (AvgIpc) is 3.16. The molecule has 1 saturated heterocycles. The monoisotopic (exact) mass is 359 g/mol. The molecule has 1 aliphatic heterocycles. The first-order chi connectivity index (χ1) is 12.6. The lowest BCUT2D eigenvalue weighted by molar-refractivity contribution is -0.137. The Morgan fingerprint density at radius 2 is 2.04 bits per heavy atom. The van der Waals surface area contributed by atoms with E-state index >= 15 is 0 Å². The number of nitrogens with one attached hydrogen (secondary N) is 1. The van der Waals surface area contributed by atoms with Gasteiger partial charge in [-0.1, -0.05) is 31.0 Å². The van der Waals surface area contributed by atoms with E-state index in [9.17, 15) is 4.79 Å². The first-order valence-electron chi connectivity index (χ1n) is 10.0. The zero-order valence-corrected chi connectivity index (χ0v) is 16.4. The van der Waals surface area contributed by atoms with Crippen LogP contribution in [0.15, 0.2) is 24.3 Å². The standard InChI is InChI=1S/C21H33N3O2/c1-16(2)24(17-8-4-5-9-17)21(25)15-23-13-12-22-14-19(23)18-10-6-7-11-20(18)26-3/h6-7,10-11,16-17,19,22H,4-5,8-9,12-15H2,1-3H3. The van der Waals surface area contributed by atoms with E-state index in [1.54, 1.807) is 7.11 Å². The molecule has 5 heteroatoms. The van der Waals surface area contributed by atoms with Crippen LogP contribution in [-0.2, 0) is 4.79 Å². The average molecular weight is 360 g/mol. The Morgan fingerprint density at radius 3 is 2.73 bits per heavy atom. The molecule has 3 rings (SSSR count). The predicted octanol–water partition coefficient (Wildman–Crippen LogP) is 2.82. The first-order valence-corrected chi connectivity index (χ1v) is 10.0. The van der Waals surface area contributed by atoms with Crippen LogP contribution in [0.2, 0.25) is 0 Å². The van der Waals surface area contributed by atoms with Gasteiger partial charge < -0.3 is 15.0 Å². The molecule has 2 fully saturated rings. The van der Waals surface area contributed by atoms with Crippen LogP contribution in [0.5, 0.6) is 5.75 Å². The van der Waals surface area contributed by atoms with Gasteiger partial charge in [0, 0.05) is 37.3 Å². The third kappa shape index (κ3) is 4.21. The highest BCUT2D eigenvalue weighted by Gasteiger charge is 2.33. The minimum Gasteiger partial charge on any atom is -0.496 e. The Hall–Kier alpha value is -1.59. The second-order valence-corrected chi connectivity index (χ2v) is 7.77. The van der Waals surface area contributed by atoms with E-state index in [1.165, 1.54) is 12.8 Å². The molecule has 1 aromatic carbocycles. The summed E-state index contributed by atoms with van der Waals surface area (Å²) in [6.45, 7) is 7.42. The predicted molar refractivity (Wildman–Crippen MR) is 104 cm³/mol. The number of rotatable bonds is 6. The van der Waals surface area contributed by atoms with E-state index < -0.39 is 0 Å². The lowest BCUT2D eigenvalue weighted by Crippen LogP contribution is -2.53. The number of piperazine rings is 1.